The van der Waals surface area contributed by atoms with Crippen molar-refractivity contribution in [2.24, 2.45) is 5.41 Å². The molecule has 3 heterocycles. The van der Waals surface area contributed by atoms with Gasteiger partial charge >= 0.3 is 0 Å². The van der Waals surface area contributed by atoms with Crippen molar-refractivity contribution < 1.29 is 4.39 Å². The Morgan fingerprint density at radius 3 is 2.75 bits per heavy atom. The Hall–Kier alpha value is -3.97. The molecular weight excluding hydrogens is 403 g/mol. The van der Waals surface area contributed by atoms with Crippen LogP contribution in [0.25, 0.3) is 16.7 Å². The molecule has 0 spiro atoms. The lowest BCUT2D eigenvalue weighted by Crippen LogP contribution is -2.26. The molecule has 0 unspecified atom stereocenters. The van der Waals surface area contributed by atoms with Crippen molar-refractivity contribution in [3.8, 4) is 17.9 Å². The quantitative estimate of drug-likeness (QED) is 0.414. The average Bonchev–Trinajstić information content (AvgIpc) is 3.18. The molecule has 5 rings (SSSR count). The Morgan fingerprint density at radius 1 is 1.12 bits per heavy atom. The maximum atomic E-state index is 15.1. The third-order valence-electron chi connectivity index (χ3n) is 5.77. The van der Waals surface area contributed by atoms with Gasteiger partial charge in [0.2, 0.25) is 0 Å². The minimum atomic E-state index is -0.728. The molecule has 32 heavy (non-hydrogen) atoms. The molecule has 0 N–H and O–H groups in total. The smallest absolute Gasteiger partial charge is 0.257 e. The van der Waals surface area contributed by atoms with E-state index >= 15 is 4.39 Å². The number of nitrogens with zero attached hydrogens (tertiary/aromatic N) is 6. The third kappa shape index (κ3) is 3.14. The maximum absolute atomic E-state index is 15.1. The molecule has 0 aliphatic carbocycles. The minimum Gasteiger partial charge on any atom is -0.325 e. The van der Waals surface area contributed by atoms with E-state index in [4.69, 9.17) is 4.98 Å². The second-order valence-electron chi connectivity index (χ2n) is 8.50. The highest BCUT2D eigenvalue weighted by Gasteiger charge is 2.26. The molecule has 0 saturated heterocycles. The summed E-state index contributed by atoms with van der Waals surface area (Å²) < 4.78 is 16.9. The van der Waals surface area contributed by atoms with Crippen molar-refractivity contribution in [2.45, 2.75) is 33.6 Å². The first-order valence-electron chi connectivity index (χ1n) is 10.5. The number of benzene rings is 2. The molecule has 0 amide bonds. The van der Waals surface area contributed by atoms with Crippen LogP contribution in [0.15, 0.2) is 36.4 Å². The van der Waals surface area contributed by atoms with Crippen LogP contribution in [0.2, 0.25) is 0 Å². The minimum absolute atomic E-state index is 0.334. The van der Waals surface area contributed by atoms with Crippen molar-refractivity contribution >= 4 is 28.2 Å². The predicted molar refractivity (Wildman–Crippen MR) is 121 cm³/mol. The number of hydrogen-bond acceptors (Lipinski definition) is 5. The molecule has 7 heteroatoms. The standard InChI is InChI=1S/C25H21FN6/c1-16-29-30-24-28-23(22-19(26)9-5-11-21(22)32(16)24)31-14-6-8-18-17(7-4-10-20(18)31)12-13-25(2,3)15-27/h4-5,7,9-11H,6,8,14H2,1-3H3. The van der Waals surface area contributed by atoms with E-state index in [0.717, 1.165) is 29.7 Å². The highest BCUT2D eigenvalue weighted by atomic mass is 19.1. The summed E-state index contributed by atoms with van der Waals surface area (Å²) in [5.41, 5.74) is 2.89. The van der Waals surface area contributed by atoms with E-state index < -0.39 is 5.41 Å². The Bertz CT molecular complexity index is 1480. The van der Waals surface area contributed by atoms with Crippen LogP contribution in [0.4, 0.5) is 15.9 Å². The molecule has 0 bridgehead atoms. The topological polar surface area (TPSA) is 70.1 Å². The van der Waals surface area contributed by atoms with Gasteiger partial charge in [-0.15, -0.1) is 10.2 Å². The van der Waals surface area contributed by atoms with E-state index in [1.807, 2.05) is 31.2 Å². The number of fused-ring (bicyclic) bond motifs is 4. The van der Waals surface area contributed by atoms with Gasteiger partial charge in [-0.3, -0.25) is 4.40 Å². The summed E-state index contributed by atoms with van der Waals surface area (Å²) in [6.07, 6.45) is 1.73. The van der Waals surface area contributed by atoms with E-state index in [-0.39, 0.29) is 5.82 Å². The van der Waals surface area contributed by atoms with Gasteiger partial charge in [0.1, 0.15) is 22.9 Å². The molecule has 2 aromatic heterocycles. The van der Waals surface area contributed by atoms with Crippen molar-refractivity contribution in [2.75, 3.05) is 11.4 Å². The second kappa shape index (κ2) is 7.32. The summed E-state index contributed by atoms with van der Waals surface area (Å²) in [7, 11) is 0. The maximum Gasteiger partial charge on any atom is 0.257 e. The van der Waals surface area contributed by atoms with Crippen molar-refractivity contribution in [3.63, 3.8) is 0 Å². The van der Waals surface area contributed by atoms with E-state index in [1.54, 1.807) is 24.3 Å². The molecular formula is C25H21FN6. The van der Waals surface area contributed by atoms with Crippen LogP contribution >= 0.6 is 0 Å². The number of halogens is 1. The summed E-state index contributed by atoms with van der Waals surface area (Å²) in [6, 6.07) is 13.2. The van der Waals surface area contributed by atoms with E-state index in [9.17, 15) is 5.26 Å². The average molecular weight is 424 g/mol. The zero-order valence-corrected chi connectivity index (χ0v) is 18.1. The first kappa shape index (κ1) is 20.0. The van der Waals surface area contributed by atoms with Gasteiger partial charge in [0.05, 0.1) is 17.0 Å². The fraction of sp³-hybridized carbons (Fsp3) is 0.280. The predicted octanol–water partition coefficient (Wildman–Crippen LogP) is 4.71. The SMILES string of the molecule is Cc1nnc2nc(N3CCCc4c(C#CC(C)(C)C#N)cccc43)c3c(F)cccc3n12. The number of aromatic nitrogens is 4. The lowest BCUT2D eigenvalue weighted by atomic mass is 9.93. The normalized spacial score (nSPS) is 13.5. The highest BCUT2D eigenvalue weighted by Crippen LogP contribution is 2.38. The van der Waals surface area contributed by atoms with Crippen molar-refractivity contribution in [1.29, 1.82) is 5.26 Å². The van der Waals surface area contributed by atoms with Gasteiger partial charge in [-0.25, -0.2) is 4.39 Å². The van der Waals surface area contributed by atoms with Gasteiger partial charge in [0.25, 0.3) is 5.78 Å². The van der Waals surface area contributed by atoms with Gasteiger partial charge < -0.3 is 4.90 Å². The molecule has 0 atom stereocenters. The van der Waals surface area contributed by atoms with Crippen molar-refractivity contribution in [1.82, 2.24) is 19.6 Å². The van der Waals surface area contributed by atoms with Crippen molar-refractivity contribution in [3.05, 3.63) is 59.2 Å². The molecule has 4 aromatic rings. The fourth-order valence-corrected chi connectivity index (χ4v) is 4.19. The highest BCUT2D eigenvalue weighted by molar-refractivity contribution is 5.94. The number of hydrogen-bond donors (Lipinski definition) is 0. The van der Waals surface area contributed by atoms with Gasteiger partial charge in [0, 0.05) is 17.8 Å². The van der Waals surface area contributed by atoms with E-state index in [2.05, 4.69) is 33.0 Å². The lowest BCUT2D eigenvalue weighted by Gasteiger charge is -2.32. The number of anilines is 2. The molecule has 158 valence electrons. The number of rotatable bonds is 1. The largest absolute Gasteiger partial charge is 0.325 e. The van der Waals surface area contributed by atoms with Crippen LogP contribution in [-0.2, 0) is 6.42 Å². The Kier molecular flexibility index (Phi) is 4.56. The Morgan fingerprint density at radius 2 is 1.94 bits per heavy atom. The molecule has 0 saturated carbocycles. The van der Waals surface area contributed by atoms with E-state index in [0.29, 0.717) is 34.9 Å². The second-order valence-corrected chi connectivity index (χ2v) is 8.50. The zero-order chi connectivity index (χ0) is 22.5. The van der Waals surface area contributed by atoms with Gasteiger partial charge in [0.15, 0.2) is 0 Å². The Balaban J connectivity index is 1.74. The van der Waals surface area contributed by atoms with E-state index in [1.165, 1.54) is 6.07 Å². The number of nitriles is 1. The van der Waals surface area contributed by atoms with Gasteiger partial charge in [-0.1, -0.05) is 24.0 Å². The van der Waals surface area contributed by atoms with Crippen LogP contribution in [0.3, 0.4) is 0 Å². The van der Waals surface area contributed by atoms with Crippen LogP contribution in [-0.4, -0.2) is 26.1 Å². The first-order chi connectivity index (χ1) is 15.4. The third-order valence-corrected chi connectivity index (χ3v) is 5.77. The summed E-state index contributed by atoms with van der Waals surface area (Å²) in [5, 5.41) is 18.1. The summed E-state index contributed by atoms with van der Waals surface area (Å²) in [4.78, 5) is 6.78. The fourth-order valence-electron chi connectivity index (χ4n) is 4.19. The monoisotopic (exact) mass is 424 g/mol. The molecule has 2 aromatic carbocycles. The number of aryl methyl sites for hydroxylation is 1. The van der Waals surface area contributed by atoms with Crippen LogP contribution in [0.5, 0.6) is 0 Å². The lowest BCUT2D eigenvalue weighted by molar-refractivity contribution is 0.638. The zero-order valence-electron chi connectivity index (χ0n) is 18.1. The Labute approximate surface area is 185 Å². The first-order valence-corrected chi connectivity index (χ1v) is 10.5. The molecule has 0 radical (unpaired) electrons. The van der Waals surface area contributed by atoms with Crippen LogP contribution in [0.1, 0.15) is 37.2 Å². The molecule has 6 nitrogen and oxygen atoms in total. The molecule has 1 aliphatic rings. The molecule has 0 fully saturated rings. The summed E-state index contributed by atoms with van der Waals surface area (Å²) >= 11 is 0. The van der Waals surface area contributed by atoms with Gasteiger partial charge in [-0.2, -0.15) is 10.2 Å². The summed E-state index contributed by atoms with van der Waals surface area (Å²) in [5.74, 6) is 7.56. The summed E-state index contributed by atoms with van der Waals surface area (Å²) in [6.45, 7) is 6.13. The van der Waals surface area contributed by atoms with Crippen LogP contribution < -0.4 is 4.90 Å². The van der Waals surface area contributed by atoms with Gasteiger partial charge in [-0.05, 0) is 63.4 Å². The molecule has 1 aliphatic heterocycles. The van der Waals surface area contributed by atoms with Crippen LogP contribution in [0, 0.1) is 41.3 Å².